The predicted molar refractivity (Wildman–Crippen MR) is 111 cm³/mol. The normalized spacial score (nSPS) is 12.3. The number of aliphatic hydroxyl groups excluding tert-OH is 1. The third-order valence-corrected chi connectivity index (χ3v) is 4.82. The third kappa shape index (κ3) is 4.66. The monoisotopic (exact) mass is 465 g/mol. The highest BCUT2D eigenvalue weighted by molar-refractivity contribution is 9.10. The highest BCUT2D eigenvalue weighted by Crippen LogP contribution is 2.31. The Labute approximate surface area is 175 Å². The number of nitrogens with two attached hydrogens (primary N) is 1. The lowest BCUT2D eigenvalue weighted by molar-refractivity contribution is -0.0268. The lowest BCUT2D eigenvalue weighted by Crippen LogP contribution is -2.31. The minimum absolute atomic E-state index is 0.0191. The number of pyridine rings is 1. The molecule has 1 amide bonds. The first-order chi connectivity index (χ1) is 13.8. The maximum atomic E-state index is 15.1. The SMILES string of the molecule is CC(C)C(O)CONC(=O)c1cn2ccnc2c(F)c1Nc1ccc(Br)cc1N. The molecule has 0 aliphatic heterocycles. The number of imidazole rings is 1. The number of amides is 1. The summed E-state index contributed by atoms with van der Waals surface area (Å²) in [5, 5.41) is 12.7. The second-order valence-corrected chi connectivity index (χ2v) is 7.72. The molecule has 10 heteroatoms. The smallest absolute Gasteiger partial charge is 0.278 e. The Kier molecular flexibility index (Phi) is 6.36. The molecule has 0 fully saturated rings. The van der Waals surface area contributed by atoms with Gasteiger partial charge in [-0.15, -0.1) is 0 Å². The third-order valence-electron chi connectivity index (χ3n) is 4.33. The van der Waals surface area contributed by atoms with Crippen LogP contribution in [0.25, 0.3) is 5.65 Å². The van der Waals surface area contributed by atoms with Gasteiger partial charge in [0.05, 0.1) is 28.7 Å². The van der Waals surface area contributed by atoms with Gasteiger partial charge in [-0.3, -0.25) is 9.63 Å². The quantitative estimate of drug-likeness (QED) is 0.314. The van der Waals surface area contributed by atoms with Crippen LogP contribution in [-0.4, -0.2) is 33.1 Å². The van der Waals surface area contributed by atoms with Crippen molar-refractivity contribution in [3.8, 4) is 0 Å². The first kappa shape index (κ1) is 21.0. The zero-order chi connectivity index (χ0) is 21.1. The Morgan fingerprint density at radius 3 is 2.90 bits per heavy atom. The number of aromatic nitrogens is 2. The summed E-state index contributed by atoms with van der Waals surface area (Å²) >= 11 is 3.32. The van der Waals surface area contributed by atoms with Crippen LogP contribution in [0.1, 0.15) is 24.2 Å². The van der Waals surface area contributed by atoms with Crippen LogP contribution in [0.2, 0.25) is 0 Å². The molecule has 0 aliphatic rings. The lowest BCUT2D eigenvalue weighted by Gasteiger charge is -2.17. The van der Waals surface area contributed by atoms with Gasteiger partial charge in [-0.2, -0.15) is 0 Å². The molecule has 154 valence electrons. The zero-order valence-electron chi connectivity index (χ0n) is 15.8. The number of rotatable bonds is 7. The molecule has 3 aromatic rings. The lowest BCUT2D eigenvalue weighted by atomic mass is 10.1. The van der Waals surface area contributed by atoms with Gasteiger partial charge in [0.15, 0.2) is 11.5 Å². The number of nitrogens with zero attached hydrogens (tertiary/aromatic N) is 2. The van der Waals surface area contributed by atoms with Crippen LogP contribution in [0.3, 0.4) is 0 Å². The number of benzene rings is 1. The molecule has 29 heavy (non-hydrogen) atoms. The van der Waals surface area contributed by atoms with Gasteiger partial charge in [0.2, 0.25) is 0 Å². The van der Waals surface area contributed by atoms with Gasteiger partial charge in [-0.1, -0.05) is 29.8 Å². The minimum Gasteiger partial charge on any atom is -0.397 e. The molecule has 1 atom stereocenters. The first-order valence-electron chi connectivity index (χ1n) is 8.85. The highest BCUT2D eigenvalue weighted by atomic mass is 79.9. The van der Waals surface area contributed by atoms with Crippen molar-refractivity contribution in [2.24, 2.45) is 5.92 Å². The predicted octanol–water partition coefficient (Wildman–Crippen LogP) is 3.24. The maximum Gasteiger partial charge on any atom is 0.278 e. The summed E-state index contributed by atoms with van der Waals surface area (Å²) in [6, 6.07) is 5.05. The molecular weight excluding hydrogens is 445 g/mol. The van der Waals surface area contributed by atoms with E-state index in [9.17, 15) is 9.90 Å². The van der Waals surface area contributed by atoms with E-state index in [0.717, 1.165) is 4.47 Å². The Bertz CT molecular complexity index is 1040. The maximum absolute atomic E-state index is 15.1. The fourth-order valence-electron chi connectivity index (χ4n) is 2.54. The molecular formula is C19H21BrFN5O3. The van der Waals surface area contributed by atoms with Crippen LogP contribution >= 0.6 is 15.9 Å². The largest absolute Gasteiger partial charge is 0.397 e. The summed E-state index contributed by atoms with van der Waals surface area (Å²) < 4.78 is 17.3. The number of aliphatic hydroxyl groups is 1. The summed E-state index contributed by atoms with van der Waals surface area (Å²) in [5.41, 5.74) is 8.96. The number of carbonyl (C=O) groups is 1. The molecule has 0 saturated carbocycles. The summed E-state index contributed by atoms with van der Waals surface area (Å²) in [7, 11) is 0. The summed E-state index contributed by atoms with van der Waals surface area (Å²) in [5.74, 6) is -1.44. The number of halogens is 2. The Morgan fingerprint density at radius 2 is 2.21 bits per heavy atom. The number of carbonyl (C=O) groups excluding carboxylic acids is 1. The van der Waals surface area contributed by atoms with E-state index in [-0.39, 0.29) is 29.4 Å². The van der Waals surface area contributed by atoms with Gasteiger partial charge in [-0.05, 0) is 24.1 Å². The Hall–Kier alpha value is -2.69. The molecule has 0 bridgehead atoms. The van der Waals surface area contributed by atoms with E-state index in [1.807, 2.05) is 13.8 Å². The number of hydrogen-bond donors (Lipinski definition) is 4. The minimum atomic E-state index is -0.747. The number of anilines is 3. The van der Waals surface area contributed by atoms with E-state index in [1.165, 1.54) is 23.0 Å². The summed E-state index contributed by atoms with van der Waals surface area (Å²) in [6.07, 6.45) is 3.63. The Balaban J connectivity index is 1.92. The van der Waals surface area contributed by atoms with Gasteiger partial charge in [0, 0.05) is 23.1 Å². The molecule has 0 saturated heterocycles. The van der Waals surface area contributed by atoms with Crippen molar-refractivity contribution >= 4 is 44.5 Å². The van der Waals surface area contributed by atoms with Gasteiger partial charge >= 0.3 is 0 Å². The van der Waals surface area contributed by atoms with Crippen molar-refractivity contribution in [2.75, 3.05) is 17.7 Å². The van der Waals surface area contributed by atoms with Crippen LogP contribution in [0.4, 0.5) is 21.5 Å². The molecule has 3 rings (SSSR count). The van der Waals surface area contributed by atoms with E-state index >= 15 is 4.39 Å². The average molecular weight is 466 g/mol. The topological polar surface area (TPSA) is 114 Å². The summed E-state index contributed by atoms with van der Waals surface area (Å²) in [4.78, 5) is 21.7. The molecule has 1 unspecified atom stereocenters. The fraction of sp³-hybridized carbons (Fsp3) is 0.263. The van der Waals surface area contributed by atoms with Crippen LogP contribution in [-0.2, 0) is 4.84 Å². The second-order valence-electron chi connectivity index (χ2n) is 6.80. The van der Waals surface area contributed by atoms with E-state index < -0.39 is 17.8 Å². The number of hydrogen-bond acceptors (Lipinski definition) is 6. The van der Waals surface area contributed by atoms with Crippen molar-refractivity contribution in [1.82, 2.24) is 14.9 Å². The van der Waals surface area contributed by atoms with Crippen molar-refractivity contribution in [1.29, 1.82) is 0 Å². The molecule has 0 aliphatic carbocycles. The van der Waals surface area contributed by atoms with E-state index in [0.29, 0.717) is 11.4 Å². The molecule has 0 radical (unpaired) electrons. The van der Waals surface area contributed by atoms with Gasteiger partial charge in [0.1, 0.15) is 6.61 Å². The van der Waals surface area contributed by atoms with Crippen molar-refractivity contribution < 1.29 is 19.1 Å². The first-order valence-corrected chi connectivity index (χ1v) is 9.64. The molecule has 2 heterocycles. The van der Waals surface area contributed by atoms with Crippen LogP contribution in [0, 0.1) is 11.7 Å². The molecule has 0 spiro atoms. The standard InChI is InChI=1S/C19H21BrFN5O3/c1-10(2)15(27)9-29-25-19(28)12-8-26-6-5-23-18(26)16(21)17(12)24-14-4-3-11(20)7-13(14)22/h3-8,10,15,24,27H,9,22H2,1-2H3,(H,25,28). The van der Waals surface area contributed by atoms with Gasteiger partial charge in [-0.25, -0.2) is 14.9 Å². The second kappa shape index (κ2) is 8.76. The fourth-order valence-corrected chi connectivity index (χ4v) is 2.92. The van der Waals surface area contributed by atoms with Crippen LogP contribution < -0.4 is 16.5 Å². The van der Waals surface area contributed by atoms with Crippen LogP contribution in [0.15, 0.2) is 41.3 Å². The molecule has 5 N–H and O–H groups in total. The highest BCUT2D eigenvalue weighted by Gasteiger charge is 2.21. The molecule has 2 aromatic heterocycles. The molecule has 1 aromatic carbocycles. The van der Waals surface area contributed by atoms with Gasteiger partial charge < -0.3 is 20.6 Å². The van der Waals surface area contributed by atoms with E-state index in [2.05, 4.69) is 31.7 Å². The average Bonchev–Trinajstić information content (AvgIpc) is 3.14. The molecule has 8 nitrogen and oxygen atoms in total. The number of hydroxylamine groups is 1. The van der Waals surface area contributed by atoms with E-state index in [1.54, 1.807) is 18.2 Å². The summed E-state index contributed by atoms with van der Waals surface area (Å²) in [6.45, 7) is 3.55. The Morgan fingerprint density at radius 1 is 1.45 bits per heavy atom. The number of nitrogens with one attached hydrogen (secondary N) is 2. The van der Waals surface area contributed by atoms with Gasteiger partial charge in [0.25, 0.3) is 5.91 Å². The van der Waals surface area contributed by atoms with Crippen molar-refractivity contribution in [3.63, 3.8) is 0 Å². The van der Waals surface area contributed by atoms with E-state index in [4.69, 9.17) is 10.6 Å². The van der Waals surface area contributed by atoms with Crippen molar-refractivity contribution in [2.45, 2.75) is 20.0 Å². The van der Waals surface area contributed by atoms with Crippen molar-refractivity contribution in [3.05, 3.63) is 52.6 Å². The van der Waals surface area contributed by atoms with Crippen LogP contribution in [0.5, 0.6) is 0 Å². The zero-order valence-corrected chi connectivity index (χ0v) is 17.4. The number of nitrogen functional groups attached to an aromatic ring is 1. The number of fused-ring (bicyclic) bond motifs is 1.